The fraction of sp³-hybridized carbons (Fsp3) is 0.400. The van der Waals surface area contributed by atoms with Crippen molar-refractivity contribution >= 4 is 15.7 Å². The van der Waals surface area contributed by atoms with Crippen LogP contribution in [0.3, 0.4) is 0 Å². The number of nitrogens with one attached hydrogen (secondary N) is 1. The minimum Gasteiger partial charge on any atom is -0.281 e. The molecule has 0 aliphatic heterocycles. The molecule has 1 atom stereocenters. The summed E-state index contributed by atoms with van der Waals surface area (Å²) in [6.45, 7) is 1.81. The van der Waals surface area contributed by atoms with Gasteiger partial charge in [0, 0.05) is 4.91 Å². The molecular weight excluding hydrogens is 259 g/mol. The summed E-state index contributed by atoms with van der Waals surface area (Å²) < 4.78 is 37.7. The quantitative estimate of drug-likeness (QED) is 0.506. The lowest BCUT2D eigenvalue weighted by atomic mass is 10.1. The molecule has 8 heteroatoms. The Balaban J connectivity index is 3.09. The molecule has 0 heterocycles. The summed E-state index contributed by atoms with van der Waals surface area (Å²) in [5.74, 6) is -0.704. The lowest BCUT2D eigenvalue weighted by molar-refractivity contribution is 0.602. The Labute approximate surface area is 105 Å². The van der Waals surface area contributed by atoms with Crippen molar-refractivity contribution < 1.29 is 12.8 Å². The summed E-state index contributed by atoms with van der Waals surface area (Å²) >= 11 is 0. The number of hydrogen-bond donors (Lipinski definition) is 1. The summed E-state index contributed by atoms with van der Waals surface area (Å²) in [6.07, 6.45) is 1.47. The highest BCUT2D eigenvalue weighted by Crippen LogP contribution is 2.25. The summed E-state index contributed by atoms with van der Waals surface area (Å²) in [5, 5.41) is 3.53. The van der Waals surface area contributed by atoms with Gasteiger partial charge in [0.2, 0.25) is 10.0 Å². The van der Waals surface area contributed by atoms with Gasteiger partial charge in [-0.25, -0.2) is 12.8 Å². The van der Waals surface area contributed by atoms with Crippen LogP contribution in [0.1, 0.15) is 24.9 Å². The van der Waals surface area contributed by atoms with E-state index < -0.39 is 21.9 Å². The Hall–Kier alpha value is -1.79. The number of hydrogen-bond acceptors (Lipinski definition) is 3. The van der Waals surface area contributed by atoms with Crippen LogP contribution in [0.15, 0.2) is 23.3 Å². The Morgan fingerprint density at radius 2 is 2.22 bits per heavy atom. The molecule has 0 aromatic heterocycles. The number of rotatable bonds is 5. The van der Waals surface area contributed by atoms with Gasteiger partial charge in [-0.05, 0) is 29.6 Å². The first-order chi connectivity index (χ1) is 8.37. The summed E-state index contributed by atoms with van der Waals surface area (Å²) in [4.78, 5) is 2.69. The highest BCUT2D eigenvalue weighted by atomic mass is 32.2. The smallest absolute Gasteiger partial charge is 0.229 e. The fourth-order valence-electron chi connectivity index (χ4n) is 1.47. The standard InChI is InChI=1S/C10H13FN4O2S/c1-3-9(13-15-12)7-4-5-10(8(11)6-7)14-18(2,16)17/h4-6,9,14H,3H2,1-2H3. The first kappa shape index (κ1) is 14.3. The monoisotopic (exact) mass is 272 g/mol. The predicted molar refractivity (Wildman–Crippen MR) is 67.0 cm³/mol. The van der Waals surface area contributed by atoms with Crippen molar-refractivity contribution in [2.45, 2.75) is 19.4 Å². The molecule has 0 amide bonds. The highest BCUT2D eigenvalue weighted by Gasteiger charge is 2.12. The van der Waals surface area contributed by atoms with Gasteiger partial charge in [-0.3, -0.25) is 4.72 Å². The minimum atomic E-state index is -3.52. The zero-order valence-corrected chi connectivity index (χ0v) is 10.8. The van der Waals surface area contributed by atoms with E-state index in [4.69, 9.17) is 5.53 Å². The molecule has 0 saturated heterocycles. The van der Waals surface area contributed by atoms with Crippen molar-refractivity contribution in [1.29, 1.82) is 0 Å². The summed E-state index contributed by atoms with van der Waals surface area (Å²) in [7, 11) is -3.52. The van der Waals surface area contributed by atoms with E-state index in [1.54, 1.807) is 6.92 Å². The number of anilines is 1. The summed E-state index contributed by atoms with van der Waals surface area (Å²) in [5.41, 5.74) is 8.76. The van der Waals surface area contributed by atoms with Crippen molar-refractivity contribution in [3.63, 3.8) is 0 Å². The topological polar surface area (TPSA) is 94.9 Å². The summed E-state index contributed by atoms with van der Waals surface area (Å²) in [6, 6.07) is 3.54. The molecule has 0 bridgehead atoms. The van der Waals surface area contributed by atoms with Gasteiger partial charge in [-0.15, -0.1) is 0 Å². The third kappa shape index (κ3) is 3.90. The Bertz CT molecular complexity index is 582. The molecule has 1 aromatic carbocycles. The van der Waals surface area contributed by atoms with E-state index in [0.29, 0.717) is 12.0 Å². The van der Waals surface area contributed by atoms with E-state index in [0.717, 1.165) is 12.3 Å². The number of nitrogens with zero attached hydrogens (tertiary/aromatic N) is 3. The average molecular weight is 272 g/mol. The van der Waals surface area contributed by atoms with Crippen LogP contribution >= 0.6 is 0 Å². The Morgan fingerprint density at radius 1 is 1.56 bits per heavy atom. The van der Waals surface area contributed by atoms with Crippen LogP contribution in [-0.2, 0) is 10.0 Å². The SMILES string of the molecule is CCC(N=[N+]=[N-])c1ccc(NS(C)(=O)=O)c(F)c1. The van der Waals surface area contributed by atoms with E-state index in [1.807, 2.05) is 0 Å². The lowest BCUT2D eigenvalue weighted by Gasteiger charge is -2.11. The molecule has 1 aromatic rings. The van der Waals surface area contributed by atoms with Crippen LogP contribution in [0.25, 0.3) is 10.4 Å². The van der Waals surface area contributed by atoms with Crippen molar-refractivity contribution in [3.05, 3.63) is 40.0 Å². The molecule has 0 radical (unpaired) electrons. The average Bonchev–Trinajstić information content (AvgIpc) is 2.27. The van der Waals surface area contributed by atoms with E-state index in [1.165, 1.54) is 12.1 Å². The second kappa shape index (κ2) is 5.70. The predicted octanol–water partition coefficient (Wildman–Crippen LogP) is 2.96. The van der Waals surface area contributed by atoms with Crippen molar-refractivity contribution in [1.82, 2.24) is 0 Å². The maximum atomic E-state index is 13.7. The van der Waals surface area contributed by atoms with Gasteiger partial charge >= 0.3 is 0 Å². The third-order valence-electron chi connectivity index (χ3n) is 2.25. The van der Waals surface area contributed by atoms with Crippen LogP contribution in [0.5, 0.6) is 0 Å². The maximum absolute atomic E-state index is 13.7. The van der Waals surface area contributed by atoms with Crippen LogP contribution in [0.4, 0.5) is 10.1 Å². The molecular formula is C10H13FN4O2S. The third-order valence-corrected chi connectivity index (χ3v) is 2.84. The number of halogens is 1. The number of sulfonamides is 1. The minimum absolute atomic E-state index is 0.128. The second-order valence-electron chi connectivity index (χ2n) is 3.74. The first-order valence-electron chi connectivity index (χ1n) is 5.18. The molecule has 18 heavy (non-hydrogen) atoms. The largest absolute Gasteiger partial charge is 0.281 e. The molecule has 1 rings (SSSR count). The lowest BCUT2D eigenvalue weighted by Crippen LogP contribution is -2.11. The molecule has 1 unspecified atom stereocenters. The van der Waals surface area contributed by atoms with Crippen LogP contribution in [-0.4, -0.2) is 14.7 Å². The number of azide groups is 1. The Morgan fingerprint density at radius 3 is 2.67 bits per heavy atom. The maximum Gasteiger partial charge on any atom is 0.229 e. The van der Waals surface area contributed by atoms with Gasteiger partial charge < -0.3 is 0 Å². The van der Waals surface area contributed by atoms with Gasteiger partial charge in [0.25, 0.3) is 0 Å². The molecule has 98 valence electrons. The molecule has 1 N–H and O–H groups in total. The van der Waals surface area contributed by atoms with Crippen molar-refractivity contribution in [3.8, 4) is 0 Å². The highest BCUT2D eigenvalue weighted by molar-refractivity contribution is 7.92. The van der Waals surface area contributed by atoms with Crippen molar-refractivity contribution in [2.24, 2.45) is 5.11 Å². The zero-order valence-electron chi connectivity index (χ0n) is 9.96. The zero-order chi connectivity index (χ0) is 13.8. The molecule has 0 aliphatic carbocycles. The van der Waals surface area contributed by atoms with E-state index in [2.05, 4.69) is 14.7 Å². The van der Waals surface area contributed by atoms with Crippen LogP contribution in [0.2, 0.25) is 0 Å². The van der Waals surface area contributed by atoms with Gasteiger partial charge in [-0.2, -0.15) is 0 Å². The van der Waals surface area contributed by atoms with Gasteiger partial charge in [0.15, 0.2) is 0 Å². The van der Waals surface area contributed by atoms with E-state index in [9.17, 15) is 12.8 Å². The first-order valence-corrected chi connectivity index (χ1v) is 7.08. The molecule has 0 aliphatic rings. The fourth-order valence-corrected chi connectivity index (χ4v) is 2.03. The van der Waals surface area contributed by atoms with Crippen LogP contribution < -0.4 is 4.72 Å². The van der Waals surface area contributed by atoms with E-state index >= 15 is 0 Å². The molecule has 6 nitrogen and oxygen atoms in total. The van der Waals surface area contributed by atoms with Gasteiger partial charge in [-0.1, -0.05) is 18.1 Å². The van der Waals surface area contributed by atoms with Crippen molar-refractivity contribution in [2.75, 3.05) is 11.0 Å². The normalized spacial score (nSPS) is 12.6. The van der Waals surface area contributed by atoms with Gasteiger partial charge in [0.1, 0.15) is 5.82 Å². The van der Waals surface area contributed by atoms with Gasteiger partial charge in [0.05, 0.1) is 18.0 Å². The van der Waals surface area contributed by atoms with E-state index in [-0.39, 0.29) is 5.69 Å². The molecule has 0 spiro atoms. The Kier molecular flexibility index (Phi) is 4.52. The number of benzene rings is 1. The molecule has 0 fully saturated rings. The van der Waals surface area contributed by atoms with Crippen LogP contribution in [0, 0.1) is 5.82 Å². The second-order valence-corrected chi connectivity index (χ2v) is 5.49. The molecule has 0 saturated carbocycles.